The first-order chi connectivity index (χ1) is 9.93. The number of rotatable bonds is 8. The van der Waals surface area contributed by atoms with Crippen LogP contribution in [0.1, 0.15) is 12.0 Å². The zero-order valence-electron chi connectivity index (χ0n) is 11.6. The normalized spacial score (nSPS) is 10.4. The number of halogens is 2. The van der Waals surface area contributed by atoms with Gasteiger partial charge in [-0.05, 0) is 24.1 Å². The molecule has 0 saturated heterocycles. The molecule has 1 aromatic carbocycles. The van der Waals surface area contributed by atoms with Crippen molar-refractivity contribution < 1.29 is 19.4 Å². The second-order valence-electron chi connectivity index (χ2n) is 4.44. The Morgan fingerprint density at radius 3 is 2.62 bits per heavy atom. The number of carboxylic acids is 1. The zero-order valence-corrected chi connectivity index (χ0v) is 13.2. The summed E-state index contributed by atoms with van der Waals surface area (Å²) in [6, 6.07) is 5.07. The maximum Gasteiger partial charge on any atom is 0.323 e. The SMILES string of the molecule is COCCN(CC(=O)O)C(=O)CCc1ccc(Cl)cc1Cl. The molecule has 1 N–H and O–H groups in total. The molecule has 0 radical (unpaired) electrons. The number of amides is 1. The predicted molar refractivity (Wildman–Crippen MR) is 80.9 cm³/mol. The summed E-state index contributed by atoms with van der Waals surface area (Å²) in [4.78, 5) is 24.1. The van der Waals surface area contributed by atoms with Gasteiger partial charge in [0.2, 0.25) is 5.91 Å². The number of aryl methyl sites for hydroxylation is 1. The summed E-state index contributed by atoms with van der Waals surface area (Å²) in [5.41, 5.74) is 0.802. The van der Waals surface area contributed by atoms with Crippen molar-refractivity contribution in [2.75, 3.05) is 26.8 Å². The quantitative estimate of drug-likeness (QED) is 0.793. The maximum absolute atomic E-state index is 12.1. The number of nitrogens with zero attached hydrogens (tertiary/aromatic N) is 1. The Hall–Kier alpha value is -1.30. The number of aliphatic carboxylic acids is 1. The molecule has 116 valence electrons. The van der Waals surface area contributed by atoms with E-state index >= 15 is 0 Å². The molecule has 0 fully saturated rings. The molecule has 0 heterocycles. The van der Waals surface area contributed by atoms with E-state index in [1.807, 2.05) is 0 Å². The lowest BCUT2D eigenvalue weighted by atomic mass is 10.1. The first-order valence-corrected chi connectivity index (χ1v) is 7.12. The molecule has 0 bridgehead atoms. The molecular weight excluding hydrogens is 317 g/mol. The summed E-state index contributed by atoms with van der Waals surface area (Å²) in [6.07, 6.45) is 0.607. The Morgan fingerprint density at radius 1 is 1.33 bits per heavy atom. The van der Waals surface area contributed by atoms with Crippen LogP contribution in [0.15, 0.2) is 18.2 Å². The van der Waals surface area contributed by atoms with Crippen molar-refractivity contribution in [2.24, 2.45) is 0 Å². The average Bonchev–Trinajstić information content (AvgIpc) is 2.41. The summed E-state index contributed by atoms with van der Waals surface area (Å²) in [7, 11) is 1.50. The smallest absolute Gasteiger partial charge is 0.323 e. The Kier molecular flexibility index (Phi) is 7.50. The highest BCUT2D eigenvalue weighted by Gasteiger charge is 2.16. The van der Waals surface area contributed by atoms with Crippen LogP contribution in [0.4, 0.5) is 0 Å². The number of carbonyl (C=O) groups is 2. The summed E-state index contributed by atoms with van der Waals surface area (Å²) < 4.78 is 4.88. The number of carbonyl (C=O) groups excluding carboxylic acids is 1. The van der Waals surface area contributed by atoms with E-state index in [-0.39, 0.29) is 25.4 Å². The molecule has 1 aromatic rings. The van der Waals surface area contributed by atoms with E-state index in [4.69, 9.17) is 33.0 Å². The lowest BCUT2D eigenvalue weighted by Gasteiger charge is -2.20. The summed E-state index contributed by atoms with van der Waals surface area (Å²) in [5, 5.41) is 9.85. The first-order valence-electron chi connectivity index (χ1n) is 6.36. The van der Waals surface area contributed by atoms with Crippen molar-refractivity contribution in [1.82, 2.24) is 4.90 Å². The van der Waals surface area contributed by atoms with Crippen LogP contribution >= 0.6 is 23.2 Å². The van der Waals surface area contributed by atoms with Crippen LogP contribution in [0.25, 0.3) is 0 Å². The summed E-state index contributed by atoms with van der Waals surface area (Å²) >= 11 is 11.8. The fourth-order valence-electron chi connectivity index (χ4n) is 1.78. The first kappa shape index (κ1) is 17.8. The molecule has 0 saturated carbocycles. The number of ether oxygens (including phenoxy) is 1. The van der Waals surface area contributed by atoms with Gasteiger partial charge >= 0.3 is 5.97 Å². The molecule has 0 unspecified atom stereocenters. The van der Waals surface area contributed by atoms with Gasteiger partial charge in [-0.15, -0.1) is 0 Å². The van der Waals surface area contributed by atoms with Crippen molar-refractivity contribution >= 4 is 35.1 Å². The van der Waals surface area contributed by atoms with E-state index in [0.717, 1.165) is 5.56 Å². The predicted octanol–water partition coefficient (Wildman–Crippen LogP) is 2.49. The highest BCUT2D eigenvalue weighted by Crippen LogP contribution is 2.22. The van der Waals surface area contributed by atoms with E-state index in [9.17, 15) is 9.59 Å². The van der Waals surface area contributed by atoms with Crippen LogP contribution in [0.2, 0.25) is 10.0 Å². The van der Waals surface area contributed by atoms with Crippen molar-refractivity contribution in [1.29, 1.82) is 0 Å². The van der Waals surface area contributed by atoms with E-state index in [2.05, 4.69) is 0 Å². The van der Waals surface area contributed by atoms with Gasteiger partial charge < -0.3 is 14.7 Å². The lowest BCUT2D eigenvalue weighted by Crippen LogP contribution is -2.38. The molecular formula is C14H17Cl2NO4. The zero-order chi connectivity index (χ0) is 15.8. The standard InChI is InChI=1S/C14H17Cl2NO4/c1-21-7-6-17(9-14(19)20)13(18)5-3-10-2-4-11(15)8-12(10)16/h2,4,8H,3,5-7,9H2,1H3,(H,19,20). The Bertz CT molecular complexity index is 508. The number of benzene rings is 1. The molecule has 0 aliphatic carbocycles. The fraction of sp³-hybridized carbons (Fsp3) is 0.429. The van der Waals surface area contributed by atoms with Crippen LogP contribution in [0.3, 0.4) is 0 Å². The number of hydrogen-bond donors (Lipinski definition) is 1. The largest absolute Gasteiger partial charge is 0.480 e. The Balaban J connectivity index is 2.61. The second kappa shape index (κ2) is 8.87. The van der Waals surface area contributed by atoms with Gasteiger partial charge in [0.1, 0.15) is 6.54 Å². The van der Waals surface area contributed by atoms with Gasteiger partial charge in [0.15, 0.2) is 0 Å². The van der Waals surface area contributed by atoms with Gasteiger partial charge in [-0.2, -0.15) is 0 Å². The third-order valence-electron chi connectivity index (χ3n) is 2.87. The molecule has 21 heavy (non-hydrogen) atoms. The average molecular weight is 334 g/mol. The van der Waals surface area contributed by atoms with E-state index in [1.165, 1.54) is 12.0 Å². The molecule has 0 aliphatic heterocycles. The minimum absolute atomic E-state index is 0.179. The molecule has 0 aromatic heterocycles. The summed E-state index contributed by atoms with van der Waals surface area (Å²) in [5.74, 6) is -1.30. The molecule has 0 aliphatic rings. The van der Waals surface area contributed by atoms with Gasteiger partial charge in [-0.1, -0.05) is 29.3 Å². The van der Waals surface area contributed by atoms with Crippen LogP contribution < -0.4 is 0 Å². The third-order valence-corrected chi connectivity index (χ3v) is 3.45. The number of hydrogen-bond acceptors (Lipinski definition) is 3. The lowest BCUT2D eigenvalue weighted by molar-refractivity contribution is -0.144. The third kappa shape index (κ3) is 6.33. The van der Waals surface area contributed by atoms with Gasteiger partial charge in [0, 0.05) is 30.1 Å². The molecule has 0 atom stereocenters. The molecule has 7 heteroatoms. The van der Waals surface area contributed by atoms with Crippen LogP contribution in [-0.4, -0.2) is 48.7 Å². The van der Waals surface area contributed by atoms with E-state index in [0.29, 0.717) is 23.1 Å². The summed E-state index contributed by atoms with van der Waals surface area (Å²) in [6.45, 7) is 0.202. The van der Waals surface area contributed by atoms with Crippen LogP contribution in [-0.2, 0) is 20.7 Å². The van der Waals surface area contributed by atoms with Crippen molar-refractivity contribution in [2.45, 2.75) is 12.8 Å². The number of methoxy groups -OCH3 is 1. The Labute approximate surface area is 133 Å². The highest BCUT2D eigenvalue weighted by molar-refractivity contribution is 6.35. The van der Waals surface area contributed by atoms with Gasteiger partial charge in [-0.25, -0.2) is 0 Å². The van der Waals surface area contributed by atoms with Gasteiger partial charge in [0.25, 0.3) is 0 Å². The topological polar surface area (TPSA) is 66.8 Å². The molecule has 1 amide bonds. The van der Waals surface area contributed by atoms with Crippen molar-refractivity contribution in [3.8, 4) is 0 Å². The van der Waals surface area contributed by atoms with E-state index in [1.54, 1.807) is 18.2 Å². The maximum atomic E-state index is 12.1. The minimum atomic E-state index is -1.05. The molecule has 0 spiro atoms. The monoisotopic (exact) mass is 333 g/mol. The van der Waals surface area contributed by atoms with Gasteiger partial charge in [-0.3, -0.25) is 9.59 Å². The van der Waals surface area contributed by atoms with Gasteiger partial charge in [0.05, 0.1) is 6.61 Å². The van der Waals surface area contributed by atoms with E-state index < -0.39 is 5.97 Å². The van der Waals surface area contributed by atoms with Crippen molar-refractivity contribution in [3.05, 3.63) is 33.8 Å². The number of carboxylic acid groups (broad SMARTS) is 1. The fourth-order valence-corrected chi connectivity index (χ4v) is 2.28. The van der Waals surface area contributed by atoms with Crippen LogP contribution in [0, 0.1) is 0 Å². The second-order valence-corrected chi connectivity index (χ2v) is 5.28. The highest BCUT2D eigenvalue weighted by atomic mass is 35.5. The molecule has 5 nitrogen and oxygen atoms in total. The molecule has 1 rings (SSSR count). The van der Waals surface area contributed by atoms with Crippen LogP contribution in [0.5, 0.6) is 0 Å². The Morgan fingerprint density at radius 2 is 2.05 bits per heavy atom. The van der Waals surface area contributed by atoms with Crippen molar-refractivity contribution in [3.63, 3.8) is 0 Å². The minimum Gasteiger partial charge on any atom is -0.480 e.